The van der Waals surface area contributed by atoms with Crippen LogP contribution >= 0.6 is 0 Å². The predicted molar refractivity (Wildman–Crippen MR) is 77.8 cm³/mol. The van der Waals surface area contributed by atoms with Gasteiger partial charge in [-0.05, 0) is 30.5 Å². The molecule has 1 saturated heterocycles. The van der Waals surface area contributed by atoms with Crippen LogP contribution in [-0.2, 0) is 16.0 Å². The van der Waals surface area contributed by atoms with Gasteiger partial charge in [-0.15, -0.1) is 0 Å². The molecule has 6 nitrogen and oxygen atoms in total. The quantitative estimate of drug-likeness (QED) is 0.861. The van der Waals surface area contributed by atoms with Crippen molar-refractivity contribution < 1.29 is 14.7 Å². The molecule has 0 radical (unpaired) electrons. The van der Waals surface area contributed by atoms with Crippen LogP contribution in [0.5, 0.6) is 0 Å². The Morgan fingerprint density at radius 1 is 1.14 bits per heavy atom. The number of hydrogen-bond donors (Lipinski definition) is 1. The van der Waals surface area contributed by atoms with Gasteiger partial charge in [0.1, 0.15) is 0 Å². The molecule has 6 heteroatoms. The zero-order valence-electron chi connectivity index (χ0n) is 12.1. The average molecular weight is 291 g/mol. The molecule has 2 rings (SSSR count). The highest BCUT2D eigenvalue weighted by molar-refractivity contribution is 5.76. The van der Waals surface area contributed by atoms with E-state index in [1.807, 2.05) is 21.9 Å². The number of aromatic nitrogens is 1. The van der Waals surface area contributed by atoms with E-state index < -0.39 is 5.97 Å². The fraction of sp³-hybridized carbons (Fsp3) is 0.533. The Bertz CT molecular complexity index is 478. The van der Waals surface area contributed by atoms with Gasteiger partial charge in [0.15, 0.2) is 0 Å². The molecule has 21 heavy (non-hydrogen) atoms. The average Bonchev–Trinajstić information content (AvgIpc) is 2.71. The van der Waals surface area contributed by atoms with Gasteiger partial charge in [0.25, 0.3) is 0 Å². The van der Waals surface area contributed by atoms with Crippen LogP contribution in [0.2, 0.25) is 0 Å². The number of aryl methyl sites for hydroxylation is 1. The Hall–Kier alpha value is -1.95. The molecule has 114 valence electrons. The second-order valence-electron chi connectivity index (χ2n) is 5.26. The van der Waals surface area contributed by atoms with E-state index in [1.165, 1.54) is 0 Å². The van der Waals surface area contributed by atoms with E-state index in [2.05, 4.69) is 4.98 Å². The first-order valence-electron chi connectivity index (χ1n) is 7.26. The van der Waals surface area contributed by atoms with Crippen molar-refractivity contribution in [3.8, 4) is 0 Å². The third kappa shape index (κ3) is 5.15. The fourth-order valence-corrected chi connectivity index (χ4v) is 2.53. The molecule has 0 spiro atoms. The number of nitrogens with zero attached hydrogens (tertiary/aromatic N) is 3. The van der Waals surface area contributed by atoms with E-state index in [0.29, 0.717) is 26.1 Å². The largest absolute Gasteiger partial charge is 0.480 e. The molecule has 0 bridgehead atoms. The minimum absolute atomic E-state index is 0.0546. The van der Waals surface area contributed by atoms with Crippen LogP contribution in [0.4, 0.5) is 0 Å². The van der Waals surface area contributed by atoms with Gasteiger partial charge in [-0.3, -0.25) is 19.5 Å². The van der Waals surface area contributed by atoms with Crippen LogP contribution in [-0.4, -0.2) is 64.5 Å². The maximum absolute atomic E-state index is 12.2. The van der Waals surface area contributed by atoms with Crippen molar-refractivity contribution in [2.24, 2.45) is 0 Å². The summed E-state index contributed by atoms with van der Waals surface area (Å²) in [6.45, 7) is 2.75. The van der Waals surface area contributed by atoms with E-state index in [9.17, 15) is 9.59 Å². The second-order valence-corrected chi connectivity index (χ2v) is 5.26. The topological polar surface area (TPSA) is 73.7 Å². The van der Waals surface area contributed by atoms with E-state index in [0.717, 1.165) is 24.9 Å². The molecule has 0 unspecified atom stereocenters. The van der Waals surface area contributed by atoms with Gasteiger partial charge in [-0.25, -0.2) is 0 Å². The highest BCUT2D eigenvalue weighted by atomic mass is 16.4. The summed E-state index contributed by atoms with van der Waals surface area (Å²) in [4.78, 5) is 30.7. The van der Waals surface area contributed by atoms with Gasteiger partial charge < -0.3 is 10.0 Å². The van der Waals surface area contributed by atoms with Crippen LogP contribution in [0.15, 0.2) is 24.5 Å². The molecule has 0 aromatic carbocycles. The molecule has 0 aliphatic carbocycles. The summed E-state index contributed by atoms with van der Waals surface area (Å²) in [5.74, 6) is -0.670. The van der Waals surface area contributed by atoms with Crippen LogP contribution in [0.3, 0.4) is 0 Å². The number of carboxylic acids is 1. The van der Waals surface area contributed by atoms with E-state index in [1.54, 1.807) is 12.4 Å². The van der Waals surface area contributed by atoms with E-state index in [4.69, 9.17) is 5.11 Å². The summed E-state index contributed by atoms with van der Waals surface area (Å²) >= 11 is 0. The van der Waals surface area contributed by atoms with E-state index in [-0.39, 0.29) is 12.5 Å². The molecule has 1 aliphatic heterocycles. The van der Waals surface area contributed by atoms with Crippen molar-refractivity contribution in [1.29, 1.82) is 0 Å². The van der Waals surface area contributed by atoms with Gasteiger partial charge in [-0.1, -0.05) is 0 Å². The standard InChI is InChI=1S/C15H21N3O3/c19-14(3-2-13-4-6-16-7-5-13)18-9-1-8-17(10-11-18)12-15(20)21/h4-7H,1-3,8-12H2,(H,20,21). The number of carbonyl (C=O) groups is 2. The summed E-state index contributed by atoms with van der Waals surface area (Å²) < 4.78 is 0. The molecule has 1 fully saturated rings. The first kappa shape index (κ1) is 15.4. The number of hydrogen-bond acceptors (Lipinski definition) is 4. The first-order valence-corrected chi connectivity index (χ1v) is 7.26. The molecule has 0 saturated carbocycles. The number of carbonyl (C=O) groups excluding carboxylic acids is 1. The lowest BCUT2D eigenvalue weighted by molar-refractivity contribution is -0.138. The Morgan fingerprint density at radius 2 is 1.90 bits per heavy atom. The lowest BCUT2D eigenvalue weighted by Crippen LogP contribution is -2.36. The van der Waals surface area contributed by atoms with Gasteiger partial charge in [-0.2, -0.15) is 0 Å². The molecule has 1 N–H and O–H groups in total. The minimum Gasteiger partial charge on any atom is -0.480 e. The number of pyridine rings is 1. The normalized spacial score (nSPS) is 16.5. The third-order valence-electron chi connectivity index (χ3n) is 3.68. The third-order valence-corrected chi connectivity index (χ3v) is 3.68. The molecular weight excluding hydrogens is 270 g/mol. The summed E-state index contributed by atoms with van der Waals surface area (Å²) in [6, 6.07) is 3.84. The summed E-state index contributed by atoms with van der Waals surface area (Å²) in [6.07, 6.45) is 5.50. The van der Waals surface area contributed by atoms with Crippen molar-refractivity contribution in [2.45, 2.75) is 19.3 Å². The Morgan fingerprint density at radius 3 is 2.62 bits per heavy atom. The highest BCUT2D eigenvalue weighted by Crippen LogP contribution is 2.08. The highest BCUT2D eigenvalue weighted by Gasteiger charge is 2.19. The Labute approximate surface area is 124 Å². The van der Waals surface area contributed by atoms with Crippen LogP contribution in [0, 0.1) is 0 Å². The predicted octanol–water partition coefficient (Wildman–Crippen LogP) is 0.633. The van der Waals surface area contributed by atoms with Gasteiger partial charge in [0.05, 0.1) is 6.54 Å². The zero-order valence-corrected chi connectivity index (χ0v) is 12.1. The van der Waals surface area contributed by atoms with Crippen molar-refractivity contribution >= 4 is 11.9 Å². The van der Waals surface area contributed by atoms with Crippen molar-refractivity contribution in [2.75, 3.05) is 32.7 Å². The summed E-state index contributed by atoms with van der Waals surface area (Å²) in [5, 5.41) is 8.82. The Balaban J connectivity index is 1.79. The van der Waals surface area contributed by atoms with Gasteiger partial charge in [0, 0.05) is 45.0 Å². The van der Waals surface area contributed by atoms with E-state index >= 15 is 0 Å². The lowest BCUT2D eigenvalue weighted by atomic mass is 10.1. The number of amides is 1. The molecule has 0 atom stereocenters. The van der Waals surface area contributed by atoms with Crippen LogP contribution < -0.4 is 0 Å². The SMILES string of the molecule is O=C(O)CN1CCCN(C(=O)CCc2ccncc2)CC1. The molecule has 1 amide bonds. The lowest BCUT2D eigenvalue weighted by Gasteiger charge is -2.21. The number of rotatable bonds is 5. The van der Waals surface area contributed by atoms with Crippen molar-refractivity contribution in [3.05, 3.63) is 30.1 Å². The molecular formula is C15H21N3O3. The molecule has 1 aromatic rings. The van der Waals surface area contributed by atoms with Crippen LogP contribution in [0.1, 0.15) is 18.4 Å². The molecule has 1 aromatic heterocycles. The monoisotopic (exact) mass is 291 g/mol. The zero-order chi connectivity index (χ0) is 15.1. The molecule has 1 aliphatic rings. The second kappa shape index (κ2) is 7.73. The maximum Gasteiger partial charge on any atom is 0.317 e. The first-order chi connectivity index (χ1) is 10.1. The summed E-state index contributed by atoms with van der Waals surface area (Å²) in [7, 11) is 0. The minimum atomic E-state index is -0.813. The Kier molecular flexibility index (Phi) is 5.68. The number of carboxylic acid groups (broad SMARTS) is 1. The fourth-order valence-electron chi connectivity index (χ4n) is 2.53. The smallest absolute Gasteiger partial charge is 0.317 e. The van der Waals surface area contributed by atoms with Crippen molar-refractivity contribution in [1.82, 2.24) is 14.8 Å². The van der Waals surface area contributed by atoms with Gasteiger partial charge in [0.2, 0.25) is 5.91 Å². The molecule has 2 heterocycles. The summed E-state index contributed by atoms with van der Waals surface area (Å²) in [5.41, 5.74) is 1.11. The van der Waals surface area contributed by atoms with Gasteiger partial charge >= 0.3 is 5.97 Å². The number of aliphatic carboxylic acids is 1. The maximum atomic E-state index is 12.2. The van der Waals surface area contributed by atoms with Crippen LogP contribution in [0.25, 0.3) is 0 Å². The van der Waals surface area contributed by atoms with Crippen molar-refractivity contribution in [3.63, 3.8) is 0 Å².